The second-order valence-electron chi connectivity index (χ2n) is 5.16. The molecule has 0 aliphatic carbocycles. The van der Waals surface area contributed by atoms with E-state index in [0.717, 1.165) is 24.3 Å². The lowest BCUT2D eigenvalue weighted by Gasteiger charge is -2.11. The molecule has 0 aliphatic rings. The fraction of sp³-hybridized carbons (Fsp3) is 0.111. The number of carboxylic acid groups (broad SMARTS) is 1. The normalized spacial score (nSPS) is 11.8. The predicted molar refractivity (Wildman–Crippen MR) is 88.1 cm³/mol. The average molecular weight is 365 g/mol. The molecule has 0 unspecified atom stereocenters. The van der Waals surface area contributed by atoms with Crippen molar-refractivity contribution in [3.05, 3.63) is 71.4 Å². The van der Waals surface area contributed by atoms with Crippen LogP contribution in [-0.2, 0) is 11.0 Å². The van der Waals surface area contributed by atoms with E-state index < -0.39 is 29.2 Å². The molecule has 8 heteroatoms. The van der Waals surface area contributed by atoms with Gasteiger partial charge in [0, 0.05) is 17.3 Å². The van der Waals surface area contributed by atoms with E-state index in [1.165, 1.54) is 37.4 Å². The number of ether oxygens (including phenoxy) is 1. The van der Waals surface area contributed by atoms with Gasteiger partial charge in [0.2, 0.25) is 0 Å². The summed E-state index contributed by atoms with van der Waals surface area (Å²) in [6, 6.07) is 9.97. The zero-order chi connectivity index (χ0) is 19.3. The third kappa shape index (κ3) is 4.85. The standard InChI is InChI=1S/C18H14F3NO4/c1-26-14-7-5-11(6-8-14)16(23)10-15(17(24)25)22-13-4-2-3-12(9-13)18(19,20)21/h2-10,22H,1H3,(H,24,25)/b15-10+. The van der Waals surface area contributed by atoms with E-state index in [1.807, 2.05) is 0 Å². The molecule has 0 saturated heterocycles. The second kappa shape index (κ2) is 7.73. The van der Waals surface area contributed by atoms with Gasteiger partial charge in [-0.15, -0.1) is 0 Å². The molecular formula is C18H14F3NO4. The van der Waals surface area contributed by atoms with Crippen molar-refractivity contribution in [1.82, 2.24) is 0 Å². The smallest absolute Gasteiger partial charge is 0.416 e. The van der Waals surface area contributed by atoms with Gasteiger partial charge in [-0.3, -0.25) is 4.79 Å². The van der Waals surface area contributed by atoms with E-state index in [0.29, 0.717) is 5.75 Å². The summed E-state index contributed by atoms with van der Waals surface area (Å²) in [5, 5.41) is 11.5. The van der Waals surface area contributed by atoms with Gasteiger partial charge < -0.3 is 15.2 Å². The van der Waals surface area contributed by atoms with Crippen LogP contribution in [-0.4, -0.2) is 24.0 Å². The van der Waals surface area contributed by atoms with Gasteiger partial charge >= 0.3 is 12.1 Å². The number of allylic oxidation sites excluding steroid dienone is 1. The molecule has 0 amide bonds. The largest absolute Gasteiger partial charge is 0.497 e. The molecule has 0 fully saturated rings. The topological polar surface area (TPSA) is 75.6 Å². The van der Waals surface area contributed by atoms with Crippen molar-refractivity contribution in [3.8, 4) is 5.75 Å². The Labute approximate surface area is 146 Å². The second-order valence-corrected chi connectivity index (χ2v) is 5.16. The molecule has 0 aromatic heterocycles. The van der Waals surface area contributed by atoms with Crippen LogP contribution in [0.2, 0.25) is 0 Å². The molecule has 5 nitrogen and oxygen atoms in total. The summed E-state index contributed by atoms with van der Waals surface area (Å²) < 4.78 is 43.2. The van der Waals surface area contributed by atoms with Gasteiger partial charge in [0.1, 0.15) is 11.4 Å². The maximum absolute atomic E-state index is 12.7. The first kappa shape index (κ1) is 19.0. The number of carbonyl (C=O) groups is 2. The predicted octanol–water partition coefficient (Wildman–Crippen LogP) is 3.98. The Morgan fingerprint density at radius 3 is 2.31 bits per heavy atom. The molecule has 0 spiro atoms. The van der Waals surface area contributed by atoms with E-state index in [9.17, 15) is 27.9 Å². The average Bonchev–Trinajstić information content (AvgIpc) is 2.60. The number of hydrogen-bond donors (Lipinski definition) is 2. The summed E-state index contributed by atoms with van der Waals surface area (Å²) in [5.41, 5.74) is -1.38. The SMILES string of the molecule is COc1ccc(C(=O)/C=C(/Nc2cccc(C(F)(F)F)c2)C(=O)O)cc1. The van der Waals surface area contributed by atoms with Crippen molar-refractivity contribution in [2.24, 2.45) is 0 Å². The van der Waals surface area contributed by atoms with Crippen LogP contribution < -0.4 is 10.1 Å². The summed E-state index contributed by atoms with van der Waals surface area (Å²) in [7, 11) is 1.46. The molecule has 0 heterocycles. The first-order valence-corrected chi connectivity index (χ1v) is 7.28. The lowest BCUT2D eigenvalue weighted by atomic mass is 10.1. The highest BCUT2D eigenvalue weighted by atomic mass is 19.4. The highest BCUT2D eigenvalue weighted by molar-refractivity contribution is 6.09. The van der Waals surface area contributed by atoms with E-state index in [-0.39, 0.29) is 11.3 Å². The molecular weight excluding hydrogens is 351 g/mol. The van der Waals surface area contributed by atoms with Gasteiger partial charge in [0.15, 0.2) is 5.78 Å². The molecule has 0 saturated carbocycles. The molecule has 0 bridgehead atoms. The van der Waals surface area contributed by atoms with Gasteiger partial charge in [-0.05, 0) is 42.5 Å². The number of carboxylic acids is 1. The van der Waals surface area contributed by atoms with E-state index in [2.05, 4.69) is 5.32 Å². The number of anilines is 1. The van der Waals surface area contributed by atoms with Crippen LogP contribution >= 0.6 is 0 Å². The molecule has 2 N–H and O–H groups in total. The molecule has 2 aromatic carbocycles. The summed E-state index contributed by atoms with van der Waals surface area (Å²) in [4.78, 5) is 23.5. The Hall–Kier alpha value is -3.29. The Morgan fingerprint density at radius 2 is 1.77 bits per heavy atom. The number of ketones is 1. The third-order valence-electron chi connectivity index (χ3n) is 3.35. The highest BCUT2D eigenvalue weighted by Gasteiger charge is 2.30. The first-order valence-electron chi connectivity index (χ1n) is 7.28. The van der Waals surface area contributed by atoms with Crippen molar-refractivity contribution < 1.29 is 32.6 Å². The lowest BCUT2D eigenvalue weighted by Crippen LogP contribution is -2.13. The number of alkyl halides is 3. The number of carbonyl (C=O) groups excluding carboxylic acids is 1. The van der Waals surface area contributed by atoms with Crippen LogP contribution in [0.3, 0.4) is 0 Å². The summed E-state index contributed by atoms with van der Waals surface area (Å²) in [5.74, 6) is -1.58. The van der Waals surface area contributed by atoms with Gasteiger partial charge in [0.25, 0.3) is 0 Å². The van der Waals surface area contributed by atoms with Crippen LogP contribution in [0, 0.1) is 0 Å². The number of halogens is 3. The van der Waals surface area contributed by atoms with Crippen molar-refractivity contribution in [3.63, 3.8) is 0 Å². The van der Waals surface area contributed by atoms with Gasteiger partial charge in [-0.25, -0.2) is 4.79 Å². The fourth-order valence-corrected chi connectivity index (χ4v) is 2.05. The van der Waals surface area contributed by atoms with Crippen LogP contribution in [0.5, 0.6) is 5.75 Å². The van der Waals surface area contributed by atoms with Crippen molar-refractivity contribution in [1.29, 1.82) is 0 Å². The van der Waals surface area contributed by atoms with Gasteiger partial charge in [-0.1, -0.05) is 6.07 Å². The molecule has 0 aliphatic heterocycles. The number of benzene rings is 2. The third-order valence-corrected chi connectivity index (χ3v) is 3.35. The number of rotatable bonds is 6. The van der Waals surface area contributed by atoms with Crippen molar-refractivity contribution in [2.75, 3.05) is 12.4 Å². The minimum atomic E-state index is -4.57. The Morgan fingerprint density at radius 1 is 1.12 bits per heavy atom. The van der Waals surface area contributed by atoms with Gasteiger partial charge in [-0.2, -0.15) is 13.2 Å². The summed E-state index contributed by atoms with van der Waals surface area (Å²) in [6.07, 6.45) is -3.76. The first-order chi connectivity index (χ1) is 12.2. The lowest BCUT2D eigenvalue weighted by molar-refractivity contribution is -0.137. The molecule has 136 valence electrons. The van der Waals surface area contributed by atoms with Crippen LogP contribution in [0.15, 0.2) is 60.3 Å². The van der Waals surface area contributed by atoms with Gasteiger partial charge in [0.05, 0.1) is 12.7 Å². The van der Waals surface area contributed by atoms with Crippen molar-refractivity contribution >= 4 is 17.4 Å². The molecule has 26 heavy (non-hydrogen) atoms. The van der Waals surface area contributed by atoms with Crippen LogP contribution in [0.1, 0.15) is 15.9 Å². The number of methoxy groups -OCH3 is 1. The minimum absolute atomic E-state index is 0.101. The monoisotopic (exact) mass is 365 g/mol. The zero-order valence-electron chi connectivity index (χ0n) is 13.5. The van der Waals surface area contributed by atoms with Crippen LogP contribution in [0.4, 0.5) is 18.9 Å². The quantitative estimate of drug-likeness (QED) is 0.598. The Kier molecular flexibility index (Phi) is 5.66. The zero-order valence-corrected chi connectivity index (χ0v) is 13.5. The summed E-state index contributed by atoms with van der Waals surface area (Å²) >= 11 is 0. The van der Waals surface area contributed by atoms with E-state index in [4.69, 9.17) is 4.74 Å². The fourth-order valence-electron chi connectivity index (χ4n) is 2.05. The maximum atomic E-state index is 12.7. The molecule has 0 atom stereocenters. The molecule has 2 aromatic rings. The minimum Gasteiger partial charge on any atom is -0.497 e. The van der Waals surface area contributed by atoms with Crippen LogP contribution in [0.25, 0.3) is 0 Å². The Balaban J connectivity index is 2.26. The summed E-state index contributed by atoms with van der Waals surface area (Å²) in [6.45, 7) is 0. The van der Waals surface area contributed by atoms with E-state index >= 15 is 0 Å². The van der Waals surface area contributed by atoms with Crippen molar-refractivity contribution in [2.45, 2.75) is 6.18 Å². The number of hydrogen-bond acceptors (Lipinski definition) is 4. The Bertz CT molecular complexity index is 842. The maximum Gasteiger partial charge on any atom is 0.416 e. The van der Waals surface area contributed by atoms with E-state index in [1.54, 1.807) is 0 Å². The number of aliphatic carboxylic acids is 1. The molecule has 2 rings (SSSR count). The highest BCUT2D eigenvalue weighted by Crippen LogP contribution is 2.31. The molecule has 0 radical (unpaired) electrons. The number of nitrogens with one attached hydrogen (secondary N) is 1.